The number of hydrogen-bond donors (Lipinski definition) is 1. The molecule has 0 saturated carbocycles. The van der Waals surface area contributed by atoms with Crippen LogP contribution in [-0.2, 0) is 36.3 Å². The number of ether oxygens (including phenoxy) is 2. The van der Waals surface area contributed by atoms with E-state index in [1.165, 1.54) is 0 Å². The molecule has 2 aromatic carbocycles. The van der Waals surface area contributed by atoms with Gasteiger partial charge in [-0.25, -0.2) is 4.57 Å². The summed E-state index contributed by atoms with van der Waals surface area (Å²) in [5.74, 6) is -0.179. The van der Waals surface area contributed by atoms with Crippen molar-refractivity contribution in [2.75, 3.05) is 20.3 Å². The Morgan fingerprint density at radius 2 is 1.52 bits per heavy atom. The van der Waals surface area contributed by atoms with Gasteiger partial charge in [-0.05, 0) is 11.1 Å². The van der Waals surface area contributed by atoms with Crippen LogP contribution in [-0.4, -0.2) is 31.3 Å². The Kier molecular flexibility index (Phi) is 10.3. The van der Waals surface area contributed by atoms with E-state index in [4.69, 9.17) is 14.0 Å². The van der Waals surface area contributed by atoms with Gasteiger partial charge in [0.1, 0.15) is 0 Å². The maximum absolute atomic E-state index is 11.9. The van der Waals surface area contributed by atoms with Crippen LogP contribution in [0.5, 0.6) is 0 Å². The van der Waals surface area contributed by atoms with Crippen LogP contribution < -0.4 is 0 Å². The first-order chi connectivity index (χ1) is 14.0. The first-order valence-corrected chi connectivity index (χ1v) is 11.0. The lowest BCUT2D eigenvalue weighted by atomic mass is 10.1. The van der Waals surface area contributed by atoms with Crippen molar-refractivity contribution in [3.8, 4) is 0 Å². The molecule has 1 unspecified atom stereocenters. The monoisotopic (exact) mass is 420 g/mol. The highest BCUT2D eigenvalue weighted by Crippen LogP contribution is 2.44. The van der Waals surface area contributed by atoms with Crippen LogP contribution in [0.4, 0.5) is 0 Å². The average Bonchev–Trinajstić information content (AvgIpc) is 2.74. The first-order valence-electron chi connectivity index (χ1n) is 9.47. The summed E-state index contributed by atoms with van der Waals surface area (Å²) in [6.07, 6.45) is 3.12. The van der Waals surface area contributed by atoms with Gasteiger partial charge in [0.05, 0.1) is 32.5 Å². The predicted octanol–water partition coefficient (Wildman–Crippen LogP) is 4.74. The molecule has 2 aromatic rings. The van der Waals surface area contributed by atoms with E-state index in [0.717, 1.165) is 18.2 Å². The van der Waals surface area contributed by atoms with Crippen molar-refractivity contribution >= 4 is 7.82 Å². The normalized spacial score (nSPS) is 15.8. The van der Waals surface area contributed by atoms with Crippen LogP contribution in [0.25, 0.3) is 0 Å². The van der Waals surface area contributed by atoms with Gasteiger partial charge in [-0.3, -0.25) is 9.05 Å². The van der Waals surface area contributed by atoms with Crippen LogP contribution in [0.1, 0.15) is 18.1 Å². The summed E-state index contributed by atoms with van der Waals surface area (Å²) in [6.45, 7) is 3.38. The minimum atomic E-state index is -4.13. The third-order valence-electron chi connectivity index (χ3n) is 4.24. The van der Waals surface area contributed by atoms with Gasteiger partial charge >= 0.3 is 7.82 Å². The Labute approximate surface area is 172 Å². The van der Waals surface area contributed by atoms with Gasteiger partial charge in [-0.1, -0.05) is 79.7 Å². The zero-order valence-corrected chi connectivity index (χ0v) is 17.7. The van der Waals surface area contributed by atoms with Crippen molar-refractivity contribution in [3.05, 3.63) is 83.9 Å². The van der Waals surface area contributed by atoms with E-state index >= 15 is 0 Å². The number of rotatable bonds is 13. The Balaban J connectivity index is 1.83. The second-order valence-electron chi connectivity index (χ2n) is 6.58. The smallest absolute Gasteiger partial charge is 0.374 e. The van der Waals surface area contributed by atoms with Gasteiger partial charge < -0.3 is 14.4 Å². The van der Waals surface area contributed by atoms with Crippen molar-refractivity contribution in [1.29, 1.82) is 0 Å². The van der Waals surface area contributed by atoms with Crippen LogP contribution in [0.3, 0.4) is 0 Å². The maximum Gasteiger partial charge on any atom is 0.472 e. The Bertz CT molecular complexity index is 765. The molecule has 0 radical (unpaired) electrons. The molecule has 0 aliphatic rings. The molecule has 0 fully saturated rings. The fraction of sp³-hybridized carbons (Fsp3) is 0.364. The topological polar surface area (TPSA) is 74.2 Å². The number of phosphoric acid groups is 1. The van der Waals surface area contributed by atoms with Crippen LogP contribution in [0, 0.1) is 5.92 Å². The van der Waals surface area contributed by atoms with E-state index in [0.29, 0.717) is 19.8 Å². The fourth-order valence-corrected chi connectivity index (χ4v) is 3.25. The number of benzene rings is 2. The number of hydrogen-bond acceptors (Lipinski definition) is 5. The summed E-state index contributed by atoms with van der Waals surface area (Å²) in [6, 6.07) is 19.6. The van der Waals surface area contributed by atoms with E-state index in [1.54, 1.807) is 0 Å². The van der Waals surface area contributed by atoms with Crippen molar-refractivity contribution in [1.82, 2.24) is 0 Å². The minimum Gasteiger partial charge on any atom is -0.374 e. The summed E-state index contributed by atoms with van der Waals surface area (Å²) >= 11 is 0. The Morgan fingerprint density at radius 1 is 0.966 bits per heavy atom. The molecule has 0 spiro atoms. The van der Waals surface area contributed by atoms with Gasteiger partial charge in [0.15, 0.2) is 0 Å². The van der Waals surface area contributed by atoms with Gasteiger partial charge in [0.2, 0.25) is 0 Å². The van der Waals surface area contributed by atoms with Crippen LogP contribution >= 0.6 is 7.82 Å². The minimum absolute atomic E-state index is 0.152. The molecule has 7 heteroatoms. The van der Waals surface area contributed by atoms with Crippen LogP contribution in [0.2, 0.25) is 0 Å². The molecule has 158 valence electrons. The highest BCUT2D eigenvalue weighted by atomic mass is 31.2. The van der Waals surface area contributed by atoms with Crippen LogP contribution in [0.15, 0.2) is 72.8 Å². The second-order valence-corrected chi connectivity index (χ2v) is 8.10. The quantitative estimate of drug-likeness (QED) is 0.287. The maximum atomic E-state index is 11.9. The summed E-state index contributed by atoms with van der Waals surface area (Å²) < 4.78 is 33.0. The van der Waals surface area contributed by atoms with Gasteiger partial charge in [0.25, 0.3) is 0 Å². The van der Waals surface area contributed by atoms with E-state index in [9.17, 15) is 9.46 Å². The SMILES string of the molecule is COP(=O)(O)O[C@H](COCc1ccccc1)[C@H](C)/C=C/COCc1ccccc1. The lowest BCUT2D eigenvalue weighted by Crippen LogP contribution is -2.25. The van der Waals surface area contributed by atoms with Crippen molar-refractivity contribution < 1.29 is 28.0 Å². The van der Waals surface area contributed by atoms with E-state index in [2.05, 4.69) is 4.52 Å². The number of phosphoric ester groups is 1. The Hall–Kier alpha value is -1.79. The average molecular weight is 420 g/mol. The summed E-state index contributed by atoms with van der Waals surface area (Å²) in [5.41, 5.74) is 2.12. The van der Waals surface area contributed by atoms with Crippen molar-refractivity contribution in [2.24, 2.45) is 5.92 Å². The van der Waals surface area contributed by atoms with Gasteiger partial charge in [-0.2, -0.15) is 0 Å². The molecule has 0 heterocycles. The molecule has 0 aliphatic carbocycles. The zero-order valence-electron chi connectivity index (χ0n) is 16.8. The molecule has 6 nitrogen and oxygen atoms in total. The summed E-state index contributed by atoms with van der Waals surface area (Å²) in [7, 11) is -2.99. The Morgan fingerprint density at radius 3 is 2.07 bits per heavy atom. The molecule has 0 aliphatic heterocycles. The first kappa shape index (κ1) is 23.5. The van der Waals surface area contributed by atoms with E-state index < -0.39 is 13.9 Å². The van der Waals surface area contributed by atoms with E-state index in [-0.39, 0.29) is 12.5 Å². The molecular formula is C22H29O6P. The molecular weight excluding hydrogens is 391 g/mol. The van der Waals surface area contributed by atoms with Gasteiger partial charge in [-0.15, -0.1) is 0 Å². The molecule has 3 atom stereocenters. The third-order valence-corrected chi connectivity index (χ3v) is 5.24. The summed E-state index contributed by atoms with van der Waals surface area (Å²) in [4.78, 5) is 9.70. The zero-order chi connectivity index (χ0) is 21.0. The molecule has 0 bridgehead atoms. The lowest BCUT2D eigenvalue weighted by Gasteiger charge is -2.23. The largest absolute Gasteiger partial charge is 0.472 e. The summed E-state index contributed by atoms with van der Waals surface area (Å²) in [5, 5.41) is 0. The lowest BCUT2D eigenvalue weighted by molar-refractivity contribution is 0.00710. The molecule has 2 rings (SSSR count). The van der Waals surface area contributed by atoms with Crippen molar-refractivity contribution in [2.45, 2.75) is 26.2 Å². The third kappa shape index (κ3) is 9.50. The fourth-order valence-electron chi connectivity index (χ4n) is 2.57. The second kappa shape index (κ2) is 12.7. The van der Waals surface area contributed by atoms with E-state index in [1.807, 2.05) is 79.7 Å². The molecule has 0 aromatic heterocycles. The molecule has 0 amide bonds. The molecule has 29 heavy (non-hydrogen) atoms. The van der Waals surface area contributed by atoms with Gasteiger partial charge in [0, 0.05) is 13.0 Å². The van der Waals surface area contributed by atoms with Crippen molar-refractivity contribution in [3.63, 3.8) is 0 Å². The standard InChI is InChI=1S/C22H29O6P/c1-19(10-9-15-26-16-20-11-5-3-6-12-20)22(28-29(23,24)25-2)18-27-17-21-13-7-4-8-14-21/h3-14,19,22H,15-18H2,1-2H3,(H,23,24)/b10-9+/t19-,22-/m1/s1. The molecule has 1 N–H and O–H groups in total. The highest BCUT2D eigenvalue weighted by molar-refractivity contribution is 7.47. The molecule has 0 saturated heterocycles. The highest BCUT2D eigenvalue weighted by Gasteiger charge is 2.28. The predicted molar refractivity (Wildman–Crippen MR) is 112 cm³/mol.